The number of carbonyl (C=O) groups is 1. The van der Waals surface area contributed by atoms with Crippen molar-refractivity contribution < 1.29 is 4.79 Å². The Kier molecular flexibility index (Phi) is 5.08. The largest absolute Gasteiger partial charge is 0.322 e. The summed E-state index contributed by atoms with van der Waals surface area (Å²) in [4.78, 5) is 19.1. The Hall–Kier alpha value is -2.43. The van der Waals surface area contributed by atoms with Gasteiger partial charge in [-0.25, -0.2) is 0 Å². The zero-order chi connectivity index (χ0) is 16.9. The van der Waals surface area contributed by atoms with Crippen molar-refractivity contribution in [2.24, 2.45) is 4.99 Å². The van der Waals surface area contributed by atoms with Gasteiger partial charge in [-0.1, -0.05) is 29.8 Å². The summed E-state index contributed by atoms with van der Waals surface area (Å²) in [6.07, 6.45) is 1.83. The van der Waals surface area contributed by atoms with E-state index in [2.05, 4.69) is 23.3 Å². The molecule has 1 N–H and O–H groups in total. The maximum absolute atomic E-state index is 12.3. The van der Waals surface area contributed by atoms with Crippen LogP contribution in [0.15, 0.2) is 65.7 Å². The molecule has 0 bridgehead atoms. The Morgan fingerprint density at radius 3 is 2.71 bits per heavy atom. The van der Waals surface area contributed by atoms with Crippen LogP contribution >= 0.6 is 22.9 Å². The van der Waals surface area contributed by atoms with Gasteiger partial charge in [-0.3, -0.25) is 9.79 Å². The van der Waals surface area contributed by atoms with Crippen LogP contribution < -0.4 is 5.32 Å². The average molecular weight is 355 g/mol. The van der Waals surface area contributed by atoms with Crippen molar-refractivity contribution in [2.45, 2.75) is 6.92 Å². The molecule has 0 radical (unpaired) electrons. The van der Waals surface area contributed by atoms with Crippen LogP contribution in [0.4, 0.5) is 11.4 Å². The van der Waals surface area contributed by atoms with E-state index in [9.17, 15) is 4.79 Å². The van der Waals surface area contributed by atoms with E-state index in [1.54, 1.807) is 35.6 Å². The van der Waals surface area contributed by atoms with E-state index in [-0.39, 0.29) is 5.91 Å². The zero-order valence-corrected chi connectivity index (χ0v) is 14.6. The molecule has 0 spiro atoms. The molecule has 0 aliphatic rings. The molecule has 3 aromatic rings. The van der Waals surface area contributed by atoms with Crippen LogP contribution in [-0.2, 0) is 0 Å². The van der Waals surface area contributed by atoms with Gasteiger partial charge in [0.1, 0.15) is 0 Å². The summed E-state index contributed by atoms with van der Waals surface area (Å²) in [5.74, 6) is -0.240. The number of aliphatic imine (C=N–C) groups is 1. The molecule has 0 aliphatic carbocycles. The van der Waals surface area contributed by atoms with Crippen LogP contribution in [0.3, 0.4) is 0 Å². The average Bonchev–Trinajstić information content (AvgIpc) is 2.99. The second kappa shape index (κ2) is 7.43. The molecule has 120 valence electrons. The van der Waals surface area contributed by atoms with Gasteiger partial charge in [0.05, 0.1) is 16.3 Å². The number of carbonyl (C=O) groups excluding carboxylic acids is 1. The molecule has 1 aromatic heterocycles. The van der Waals surface area contributed by atoms with E-state index >= 15 is 0 Å². The molecule has 24 heavy (non-hydrogen) atoms. The fraction of sp³-hybridized carbons (Fsp3) is 0.0526. The summed E-state index contributed by atoms with van der Waals surface area (Å²) < 4.78 is 0. The van der Waals surface area contributed by atoms with Gasteiger partial charge < -0.3 is 5.32 Å². The molecule has 3 nitrogen and oxygen atoms in total. The van der Waals surface area contributed by atoms with Crippen molar-refractivity contribution >= 4 is 46.4 Å². The van der Waals surface area contributed by atoms with E-state index in [0.29, 0.717) is 16.3 Å². The predicted octanol–water partition coefficient (Wildman–Crippen LogP) is 5.71. The molecule has 5 heteroatoms. The van der Waals surface area contributed by atoms with Gasteiger partial charge in [0.25, 0.3) is 5.91 Å². The molecule has 0 saturated heterocycles. The number of rotatable bonds is 4. The highest BCUT2D eigenvalue weighted by atomic mass is 35.5. The van der Waals surface area contributed by atoms with Gasteiger partial charge in [-0.15, -0.1) is 11.3 Å². The van der Waals surface area contributed by atoms with Crippen LogP contribution in [0.1, 0.15) is 20.1 Å². The monoisotopic (exact) mass is 354 g/mol. The summed E-state index contributed by atoms with van der Waals surface area (Å²) in [5.41, 5.74) is 1.90. The summed E-state index contributed by atoms with van der Waals surface area (Å²) in [6.45, 7) is 2.06. The fourth-order valence-electron chi connectivity index (χ4n) is 2.17. The van der Waals surface area contributed by atoms with E-state index in [4.69, 9.17) is 11.6 Å². The summed E-state index contributed by atoms with van der Waals surface area (Å²) in [6, 6.07) is 18.5. The molecule has 0 atom stereocenters. The number of halogens is 1. The van der Waals surface area contributed by atoms with Gasteiger partial charge in [0, 0.05) is 21.7 Å². The number of amides is 1. The Labute approximate surface area is 149 Å². The lowest BCUT2D eigenvalue weighted by molar-refractivity contribution is 0.102. The third-order valence-corrected chi connectivity index (χ3v) is 4.59. The number of nitrogens with one attached hydrogen (secondary N) is 1. The molecule has 2 aromatic carbocycles. The Morgan fingerprint density at radius 1 is 1.12 bits per heavy atom. The lowest BCUT2D eigenvalue weighted by Crippen LogP contribution is -2.12. The molecule has 0 unspecified atom stereocenters. The second-order valence-electron chi connectivity index (χ2n) is 5.19. The van der Waals surface area contributed by atoms with Crippen LogP contribution in [0, 0.1) is 6.92 Å². The minimum Gasteiger partial charge on any atom is -0.322 e. The van der Waals surface area contributed by atoms with Crippen molar-refractivity contribution in [1.82, 2.24) is 0 Å². The number of hydrogen-bond donors (Lipinski definition) is 1. The number of anilines is 1. The first kappa shape index (κ1) is 16.4. The summed E-state index contributed by atoms with van der Waals surface area (Å²) in [7, 11) is 0. The van der Waals surface area contributed by atoms with Crippen molar-refractivity contribution in [3.8, 4) is 0 Å². The van der Waals surface area contributed by atoms with Gasteiger partial charge in [0.2, 0.25) is 0 Å². The van der Waals surface area contributed by atoms with Crippen molar-refractivity contribution in [3.63, 3.8) is 0 Å². The molecule has 1 heterocycles. The lowest BCUT2D eigenvalue weighted by Gasteiger charge is -2.07. The molecule has 0 saturated carbocycles. The highest BCUT2D eigenvalue weighted by molar-refractivity contribution is 7.13. The number of nitrogens with zero attached hydrogens (tertiary/aromatic N) is 1. The third-order valence-electron chi connectivity index (χ3n) is 3.32. The van der Waals surface area contributed by atoms with Crippen molar-refractivity contribution in [1.29, 1.82) is 0 Å². The van der Waals surface area contributed by atoms with Crippen LogP contribution in [0.2, 0.25) is 5.02 Å². The molecule has 1 amide bonds. The highest BCUT2D eigenvalue weighted by Gasteiger charge is 2.09. The maximum atomic E-state index is 12.3. The molecule has 0 fully saturated rings. The zero-order valence-electron chi connectivity index (χ0n) is 13.0. The Balaban J connectivity index is 1.75. The first-order valence-electron chi connectivity index (χ1n) is 7.38. The minimum absolute atomic E-state index is 0.240. The smallest absolute Gasteiger partial charge is 0.257 e. The van der Waals surface area contributed by atoms with Gasteiger partial charge >= 0.3 is 0 Å². The van der Waals surface area contributed by atoms with Gasteiger partial charge in [0.15, 0.2) is 0 Å². The normalized spacial score (nSPS) is 10.9. The van der Waals surface area contributed by atoms with E-state index in [1.807, 2.05) is 36.5 Å². The van der Waals surface area contributed by atoms with Crippen molar-refractivity contribution in [3.05, 3.63) is 81.0 Å². The first-order valence-corrected chi connectivity index (χ1v) is 8.58. The lowest BCUT2D eigenvalue weighted by atomic mass is 10.2. The van der Waals surface area contributed by atoms with Crippen LogP contribution in [0.5, 0.6) is 0 Å². The van der Waals surface area contributed by atoms with E-state index < -0.39 is 0 Å². The molecular weight excluding hydrogens is 340 g/mol. The van der Waals surface area contributed by atoms with E-state index in [0.717, 1.165) is 10.6 Å². The summed E-state index contributed by atoms with van der Waals surface area (Å²) >= 11 is 7.74. The fourth-order valence-corrected chi connectivity index (χ4v) is 3.14. The van der Waals surface area contributed by atoms with Crippen LogP contribution in [0.25, 0.3) is 0 Å². The van der Waals surface area contributed by atoms with Crippen LogP contribution in [-0.4, -0.2) is 12.1 Å². The van der Waals surface area contributed by atoms with Crippen molar-refractivity contribution in [2.75, 3.05) is 5.32 Å². The first-order chi connectivity index (χ1) is 11.6. The Bertz CT molecular complexity index is 902. The quantitative estimate of drug-likeness (QED) is 0.599. The molecule has 3 rings (SSSR count). The molecular formula is C19H15ClN2OS. The maximum Gasteiger partial charge on any atom is 0.257 e. The highest BCUT2D eigenvalue weighted by Crippen LogP contribution is 2.21. The molecule has 0 aliphatic heterocycles. The van der Waals surface area contributed by atoms with Gasteiger partial charge in [-0.2, -0.15) is 0 Å². The standard InChI is InChI=1S/C19H15ClN2OS/c1-13-9-10-16(24-13)12-21-14-5-4-6-15(11-14)22-19(23)17-7-2-3-8-18(17)20/h2-12H,1H3,(H,22,23). The predicted molar refractivity (Wildman–Crippen MR) is 102 cm³/mol. The Morgan fingerprint density at radius 2 is 1.96 bits per heavy atom. The minimum atomic E-state index is -0.240. The number of aryl methyl sites for hydroxylation is 1. The van der Waals surface area contributed by atoms with E-state index in [1.165, 1.54) is 4.88 Å². The second-order valence-corrected chi connectivity index (χ2v) is 6.92. The SMILES string of the molecule is Cc1ccc(C=Nc2cccc(NC(=O)c3ccccc3Cl)c2)s1. The third kappa shape index (κ3) is 4.10. The number of hydrogen-bond acceptors (Lipinski definition) is 3. The number of thiophene rings is 1. The van der Waals surface area contributed by atoms with Gasteiger partial charge in [-0.05, 0) is 49.4 Å². The number of benzene rings is 2. The topological polar surface area (TPSA) is 41.5 Å². The summed E-state index contributed by atoms with van der Waals surface area (Å²) in [5, 5.41) is 3.28.